The zero-order chi connectivity index (χ0) is 19.3. The van der Waals surface area contributed by atoms with Gasteiger partial charge >= 0.3 is 6.09 Å². The van der Waals surface area contributed by atoms with Gasteiger partial charge in [0.2, 0.25) is 0 Å². The number of carbonyl (C=O) groups is 1. The van der Waals surface area contributed by atoms with Crippen molar-refractivity contribution in [3.63, 3.8) is 0 Å². The lowest BCUT2D eigenvalue weighted by Crippen LogP contribution is -2.53. The van der Waals surface area contributed by atoms with E-state index in [-0.39, 0.29) is 6.10 Å². The Kier molecular flexibility index (Phi) is 5.34. The minimum atomic E-state index is -0.398. The van der Waals surface area contributed by atoms with Crippen molar-refractivity contribution in [1.29, 1.82) is 0 Å². The number of aromatic nitrogens is 3. The molecule has 0 aliphatic carbocycles. The van der Waals surface area contributed by atoms with E-state index in [0.29, 0.717) is 6.54 Å². The van der Waals surface area contributed by atoms with Gasteiger partial charge in [-0.1, -0.05) is 36.4 Å². The number of ether oxygens (including phenoxy) is 1. The van der Waals surface area contributed by atoms with Crippen LogP contribution >= 0.6 is 0 Å². The second-order valence-corrected chi connectivity index (χ2v) is 6.97. The molecule has 1 fully saturated rings. The predicted molar refractivity (Wildman–Crippen MR) is 105 cm³/mol. The summed E-state index contributed by atoms with van der Waals surface area (Å²) in [7, 11) is 1.86. The van der Waals surface area contributed by atoms with Crippen molar-refractivity contribution in [2.75, 3.05) is 13.1 Å². The van der Waals surface area contributed by atoms with Gasteiger partial charge in [-0.05, 0) is 17.2 Å². The van der Waals surface area contributed by atoms with Crippen LogP contribution < -0.4 is 5.32 Å². The number of nitrogens with one attached hydrogen (secondary N) is 1. The number of rotatable bonds is 6. The maximum absolute atomic E-state index is 12.1. The van der Waals surface area contributed by atoms with E-state index in [0.717, 1.165) is 36.5 Å². The minimum Gasteiger partial charge on any atom is -0.444 e. The topological polar surface area (TPSA) is 72.3 Å². The van der Waals surface area contributed by atoms with Gasteiger partial charge in [0.25, 0.3) is 0 Å². The molecule has 1 aromatic carbocycles. The fourth-order valence-electron chi connectivity index (χ4n) is 3.31. The number of pyridine rings is 1. The lowest BCUT2D eigenvalue weighted by atomic mass is 10.1. The van der Waals surface area contributed by atoms with Crippen LogP contribution in [0.1, 0.15) is 11.1 Å². The van der Waals surface area contributed by atoms with Gasteiger partial charge in [0, 0.05) is 51.2 Å². The Balaban J connectivity index is 1.25. The van der Waals surface area contributed by atoms with Gasteiger partial charge in [0.15, 0.2) is 0 Å². The van der Waals surface area contributed by atoms with Crippen LogP contribution in [0, 0.1) is 0 Å². The van der Waals surface area contributed by atoms with E-state index in [4.69, 9.17) is 4.74 Å². The molecule has 1 aliphatic heterocycles. The fraction of sp³-hybridized carbons (Fsp3) is 0.286. The smallest absolute Gasteiger partial charge is 0.407 e. The molecule has 0 spiro atoms. The first-order chi connectivity index (χ1) is 13.7. The second-order valence-electron chi connectivity index (χ2n) is 6.97. The van der Waals surface area contributed by atoms with Crippen molar-refractivity contribution >= 4 is 6.09 Å². The number of benzene rings is 1. The van der Waals surface area contributed by atoms with E-state index in [1.807, 2.05) is 43.6 Å². The molecule has 0 saturated carbocycles. The zero-order valence-corrected chi connectivity index (χ0v) is 15.8. The molecule has 0 bridgehead atoms. The summed E-state index contributed by atoms with van der Waals surface area (Å²) in [5.41, 5.74) is 3.93. The van der Waals surface area contributed by atoms with Gasteiger partial charge in [-0.25, -0.2) is 4.79 Å². The molecule has 0 radical (unpaired) electrons. The zero-order valence-electron chi connectivity index (χ0n) is 15.8. The van der Waals surface area contributed by atoms with E-state index >= 15 is 0 Å². The molecule has 1 saturated heterocycles. The van der Waals surface area contributed by atoms with Gasteiger partial charge in [-0.15, -0.1) is 0 Å². The Bertz CT molecular complexity index is 935. The highest BCUT2D eigenvalue weighted by Crippen LogP contribution is 2.20. The van der Waals surface area contributed by atoms with Crippen LogP contribution in [0.2, 0.25) is 0 Å². The Morgan fingerprint density at radius 1 is 1.21 bits per heavy atom. The third-order valence-corrected chi connectivity index (χ3v) is 4.74. The molecule has 0 atom stereocenters. The van der Waals surface area contributed by atoms with Crippen LogP contribution in [-0.2, 0) is 24.9 Å². The van der Waals surface area contributed by atoms with Gasteiger partial charge < -0.3 is 10.1 Å². The normalized spacial score (nSPS) is 14.5. The summed E-state index contributed by atoms with van der Waals surface area (Å²) < 4.78 is 7.23. The van der Waals surface area contributed by atoms with E-state index in [1.165, 1.54) is 5.56 Å². The lowest BCUT2D eigenvalue weighted by molar-refractivity contribution is -0.0173. The van der Waals surface area contributed by atoms with E-state index < -0.39 is 6.09 Å². The van der Waals surface area contributed by atoms with Gasteiger partial charge in [-0.2, -0.15) is 5.10 Å². The van der Waals surface area contributed by atoms with Crippen LogP contribution in [0.3, 0.4) is 0 Å². The van der Waals surface area contributed by atoms with E-state index in [2.05, 4.69) is 32.4 Å². The highest BCUT2D eigenvalue weighted by Gasteiger charge is 2.29. The van der Waals surface area contributed by atoms with Gasteiger partial charge in [0.05, 0.1) is 11.9 Å². The van der Waals surface area contributed by atoms with Crippen LogP contribution in [0.15, 0.2) is 61.1 Å². The highest BCUT2D eigenvalue weighted by atomic mass is 16.6. The van der Waals surface area contributed by atoms with Crippen LogP contribution in [0.4, 0.5) is 4.79 Å². The lowest BCUT2D eigenvalue weighted by Gasteiger charge is -2.38. The summed E-state index contributed by atoms with van der Waals surface area (Å²) in [5.74, 6) is 0. The minimum absolute atomic E-state index is 0.0598. The number of hydrogen-bond donors (Lipinski definition) is 1. The summed E-state index contributed by atoms with van der Waals surface area (Å²) in [5, 5.41) is 7.02. The molecule has 3 aromatic rings. The molecular formula is C21H23N5O2. The predicted octanol–water partition coefficient (Wildman–Crippen LogP) is 2.59. The molecule has 7 nitrogen and oxygen atoms in total. The average Bonchev–Trinajstić information content (AvgIpc) is 3.12. The fourth-order valence-corrected chi connectivity index (χ4v) is 3.31. The second kappa shape index (κ2) is 8.22. The first-order valence-electron chi connectivity index (χ1n) is 9.31. The van der Waals surface area contributed by atoms with Gasteiger partial charge in [-0.3, -0.25) is 14.6 Å². The highest BCUT2D eigenvalue weighted by molar-refractivity contribution is 5.68. The van der Waals surface area contributed by atoms with Crippen LogP contribution in [0.25, 0.3) is 11.3 Å². The molecule has 0 unspecified atom stereocenters. The quantitative estimate of drug-likeness (QED) is 0.715. The van der Waals surface area contributed by atoms with Crippen molar-refractivity contribution < 1.29 is 9.53 Å². The Hall–Kier alpha value is -3.19. The largest absolute Gasteiger partial charge is 0.444 e. The van der Waals surface area contributed by atoms with Crippen molar-refractivity contribution in [3.8, 4) is 11.3 Å². The number of likely N-dealkylation sites (tertiary alicyclic amines) is 1. The third kappa shape index (κ3) is 4.37. The SMILES string of the molecule is Cn1cc(-c2ncccc2CNC(=O)OC2CN(Cc3ccccc3)C2)cn1. The first-order valence-corrected chi connectivity index (χ1v) is 9.31. The number of hydrogen-bond acceptors (Lipinski definition) is 5. The van der Waals surface area contributed by atoms with E-state index in [9.17, 15) is 4.79 Å². The summed E-state index contributed by atoms with van der Waals surface area (Å²) in [6.45, 7) is 2.76. The molecule has 2 aromatic heterocycles. The van der Waals surface area contributed by atoms with Gasteiger partial charge in [0.1, 0.15) is 6.10 Å². The van der Waals surface area contributed by atoms with Crippen molar-refractivity contribution in [2.24, 2.45) is 7.05 Å². The third-order valence-electron chi connectivity index (χ3n) is 4.74. The van der Waals surface area contributed by atoms with Crippen LogP contribution in [0.5, 0.6) is 0 Å². The van der Waals surface area contributed by atoms with Crippen LogP contribution in [-0.4, -0.2) is 45.0 Å². The number of alkyl carbamates (subject to hydrolysis) is 1. The molecule has 144 valence electrons. The van der Waals surface area contributed by atoms with Crippen molar-refractivity contribution in [3.05, 3.63) is 72.2 Å². The Labute approximate surface area is 164 Å². The molecule has 28 heavy (non-hydrogen) atoms. The summed E-state index contributed by atoms with van der Waals surface area (Å²) in [6.07, 6.45) is 4.94. The molecule has 1 amide bonds. The van der Waals surface area contributed by atoms with E-state index in [1.54, 1.807) is 17.1 Å². The first kappa shape index (κ1) is 18.2. The maximum atomic E-state index is 12.1. The van der Waals surface area contributed by atoms with Crippen molar-refractivity contribution in [2.45, 2.75) is 19.2 Å². The number of nitrogens with zero attached hydrogens (tertiary/aromatic N) is 4. The summed E-state index contributed by atoms with van der Waals surface area (Å²) >= 11 is 0. The molecule has 4 rings (SSSR count). The Morgan fingerprint density at radius 2 is 2.04 bits per heavy atom. The van der Waals surface area contributed by atoms with Crippen molar-refractivity contribution in [1.82, 2.24) is 25.0 Å². The number of amides is 1. The molecule has 3 heterocycles. The monoisotopic (exact) mass is 377 g/mol. The standard InChI is InChI=1S/C21H23N5O2/c1-25-13-18(11-24-25)20-17(8-5-9-22-20)10-23-21(27)28-19-14-26(15-19)12-16-6-3-2-4-7-16/h2-9,11,13,19H,10,12,14-15H2,1H3,(H,23,27). The molecule has 1 aliphatic rings. The summed E-state index contributed by atoms with van der Waals surface area (Å²) in [4.78, 5) is 18.8. The molecular weight excluding hydrogens is 354 g/mol. The summed E-state index contributed by atoms with van der Waals surface area (Å²) in [6, 6.07) is 14.1. The average molecular weight is 377 g/mol. The molecule has 1 N–H and O–H groups in total. The number of aryl methyl sites for hydroxylation is 1. The molecule has 7 heteroatoms. The number of carbonyl (C=O) groups excluding carboxylic acids is 1. The Morgan fingerprint density at radius 3 is 2.79 bits per heavy atom. The maximum Gasteiger partial charge on any atom is 0.407 e.